The molecule has 6 nitrogen and oxygen atoms in total. The Labute approximate surface area is 117 Å². The molecule has 3 rings (SSSR count). The third-order valence-corrected chi connectivity index (χ3v) is 3.61. The van der Waals surface area contributed by atoms with Gasteiger partial charge in [-0.15, -0.1) is 0 Å². The van der Waals surface area contributed by atoms with Crippen LogP contribution in [0.1, 0.15) is 6.42 Å². The molecule has 2 aliphatic rings. The van der Waals surface area contributed by atoms with Crippen LogP contribution in [-0.4, -0.2) is 49.0 Å². The minimum atomic E-state index is -0.858. The highest BCUT2D eigenvalue weighted by Crippen LogP contribution is 2.30. The third-order valence-electron chi connectivity index (χ3n) is 3.61. The van der Waals surface area contributed by atoms with Crippen molar-refractivity contribution in [2.24, 2.45) is 0 Å². The first-order chi connectivity index (χ1) is 9.66. The molecule has 0 saturated carbocycles. The van der Waals surface area contributed by atoms with Crippen LogP contribution in [0.2, 0.25) is 0 Å². The molecule has 0 spiro atoms. The monoisotopic (exact) mass is 278 g/mol. The highest BCUT2D eigenvalue weighted by molar-refractivity contribution is 5.81. The van der Waals surface area contributed by atoms with E-state index in [1.54, 1.807) is 12.1 Å². The number of para-hydroxylation sites is 2. The quantitative estimate of drug-likeness (QED) is 0.705. The summed E-state index contributed by atoms with van der Waals surface area (Å²) in [7, 11) is 0. The van der Waals surface area contributed by atoms with Crippen LogP contribution in [0.15, 0.2) is 24.3 Å². The molecule has 1 amide bonds. The summed E-state index contributed by atoms with van der Waals surface area (Å²) in [6, 6.07) is 7.25. The van der Waals surface area contributed by atoms with Crippen molar-refractivity contribution in [2.45, 2.75) is 18.1 Å². The first-order valence-corrected chi connectivity index (χ1v) is 6.76. The fourth-order valence-corrected chi connectivity index (χ4v) is 2.40. The maximum absolute atomic E-state index is 12.1. The molecule has 0 radical (unpaired) electrons. The second kappa shape index (κ2) is 5.30. The number of benzene rings is 1. The maximum atomic E-state index is 12.1. The average molecular weight is 278 g/mol. The van der Waals surface area contributed by atoms with Gasteiger partial charge in [0.1, 0.15) is 6.61 Å². The van der Waals surface area contributed by atoms with Crippen molar-refractivity contribution < 1.29 is 19.4 Å². The molecular weight excluding hydrogens is 260 g/mol. The molecule has 1 saturated heterocycles. The normalized spacial score (nSPS) is 28.1. The molecule has 0 aliphatic carbocycles. The Morgan fingerprint density at radius 1 is 1.45 bits per heavy atom. The lowest BCUT2D eigenvalue weighted by Crippen LogP contribution is -2.50. The topological polar surface area (TPSA) is 79.8 Å². The first kappa shape index (κ1) is 13.2. The molecule has 6 heteroatoms. The van der Waals surface area contributed by atoms with Gasteiger partial charge >= 0.3 is 0 Å². The second-order valence-electron chi connectivity index (χ2n) is 5.23. The lowest BCUT2D eigenvalue weighted by atomic mass is 10.0. The Morgan fingerprint density at radius 2 is 2.25 bits per heavy atom. The van der Waals surface area contributed by atoms with E-state index in [9.17, 15) is 9.90 Å². The zero-order chi connectivity index (χ0) is 14.0. The van der Waals surface area contributed by atoms with Gasteiger partial charge in [-0.3, -0.25) is 4.79 Å². The Bertz CT molecular complexity index is 500. The summed E-state index contributed by atoms with van der Waals surface area (Å²) < 4.78 is 11.1. The molecule has 1 fully saturated rings. The third kappa shape index (κ3) is 2.71. The van der Waals surface area contributed by atoms with Gasteiger partial charge in [0.15, 0.2) is 11.5 Å². The summed E-state index contributed by atoms with van der Waals surface area (Å²) in [4.78, 5) is 12.1. The molecule has 0 aromatic heterocycles. The summed E-state index contributed by atoms with van der Waals surface area (Å²) in [5.74, 6) is 0.954. The summed E-state index contributed by atoms with van der Waals surface area (Å²) in [5, 5.41) is 16.0. The van der Waals surface area contributed by atoms with Crippen LogP contribution >= 0.6 is 0 Å². The molecule has 1 aromatic rings. The van der Waals surface area contributed by atoms with Gasteiger partial charge in [0.25, 0.3) is 5.91 Å². The van der Waals surface area contributed by atoms with Gasteiger partial charge in [0, 0.05) is 13.1 Å². The van der Waals surface area contributed by atoms with E-state index >= 15 is 0 Å². The Hall–Kier alpha value is -1.79. The van der Waals surface area contributed by atoms with Crippen molar-refractivity contribution in [3.8, 4) is 11.5 Å². The van der Waals surface area contributed by atoms with Gasteiger partial charge in [-0.1, -0.05) is 12.1 Å². The fourth-order valence-electron chi connectivity index (χ4n) is 2.40. The predicted octanol–water partition coefficient (Wildman–Crippen LogP) is -0.333. The van der Waals surface area contributed by atoms with Crippen molar-refractivity contribution in [1.82, 2.24) is 10.6 Å². The van der Waals surface area contributed by atoms with E-state index in [2.05, 4.69) is 10.6 Å². The molecular formula is C14H18N2O4. The average Bonchev–Trinajstić information content (AvgIpc) is 2.91. The zero-order valence-electron chi connectivity index (χ0n) is 11.1. The molecule has 2 atom stereocenters. The van der Waals surface area contributed by atoms with Crippen LogP contribution in [0.5, 0.6) is 11.5 Å². The van der Waals surface area contributed by atoms with Gasteiger partial charge < -0.3 is 25.2 Å². The highest BCUT2D eigenvalue weighted by atomic mass is 16.6. The van der Waals surface area contributed by atoms with Gasteiger partial charge in [-0.05, 0) is 25.1 Å². The van der Waals surface area contributed by atoms with Crippen molar-refractivity contribution in [3.05, 3.63) is 24.3 Å². The first-order valence-electron chi connectivity index (χ1n) is 6.76. The number of rotatable bonds is 3. The minimum Gasteiger partial charge on any atom is -0.485 e. The number of β-amino-alcohol motifs (C(OH)–C–C–N with tert-alkyl or cyclic N) is 1. The number of carbonyl (C=O) groups is 1. The predicted molar refractivity (Wildman–Crippen MR) is 71.8 cm³/mol. The number of hydrogen-bond donors (Lipinski definition) is 3. The Balaban J connectivity index is 1.56. The van der Waals surface area contributed by atoms with Crippen molar-refractivity contribution >= 4 is 5.91 Å². The van der Waals surface area contributed by atoms with E-state index in [0.29, 0.717) is 24.5 Å². The van der Waals surface area contributed by atoms with E-state index in [1.807, 2.05) is 12.1 Å². The zero-order valence-corrected chi connectivity index (χ0v) is 11.1. The number of aliphatic hydroxyl groups is 1. The van der Waals surface area contributed by atoms with Crippen LogP contribution < -0.4 is 20.1 Å². The van der Waals surface area contributed by atoms with Crippen molar-refractivity contribution in [3.63, 3.8) is 0 Å². The van der Waals surface area contributed by atoms with Crippen LogP contribution in [0.25, 0.3) is 0 Å². The smallest absolute Gasteiger partial charge is 0.264 e. The number of nitrogens with one attached hydrogen (secondary N) is 2. The maximum Gasteiger partial charge on any atom is 0.264 e. The molecule has 20 heavy (non-hydrogen) atoms. The lowest BCUT2D eigenvalue weighted by molar-refractivity contribution is -0.131. The lowest BCUT2D eigenvalue weighted by Gasteiger charge is -2.27. The van der Waals surface area contributed by atoms with E-state index in [-0.39, 0.29) is 19.1 Å². The summed E-state index contributed by atoms with van der Waals surface area (Å²) in [5.41, 5.74) is -0.858. The van der Waals surface area contributed by atoms with Crippen LogP contribution in [0, 0.1) is 0 Å². The van der Waals surface area contributed by atoms with E-state index in [1.165, 1.54) is 0 Å². The number of amides is 1. The number of fused-ring (bicyclic) bond motifs is 1. The molecule has 108 valence electrons. The van der Waals surface area contributed by atoms with Crippen LogP contribution in [-0.2, 0) is 4.79 Å². The molecule has 1 aromatic carbocycles. The second-order valence-corrected chi connectivity index (χ2v) is 5.23. The van der Waals surface area contributed by atoms with Gasteiger partial charge in [0.2, 0.25) is 6.10 Å². The van der Waals surface area contributed by atoms with E-state index < -0.39 is 11.7 Å². The summed E-state index contributed by atoms with van der Waals surface area (Å²) >= 11 is 0. The Kier molecular flexibility index (Phi) is 3.50. The minimum absolute atomic E-state index is 0.180. The van der Waals surface area contributed by atoms with E-state index in [4.69, 9.17) is 9.47 Å². The van der Waals surface area contributed by atoms with E-state index in [0.717, 1.165) is 6.54 Å². The SMILES string of the molecule is O=C(NCC1(O)CCNC1)C1COc2ccccc2O1. The highest BCUT2D eigenvalue weighted by Gasteiger charge is 2.33. The van der Waals surface area contributed by atoms with Crippen LogP contribution in [0.3, 0.4) is 0 Å². The molecule has 3 N–H and O–H groups in total. The summed E-state index contributed by atoms with van der Waals surface area (Å²) in [6.45, 7) is 1.67. The van der Waals surface area contributed by atoms with Crippen LogP contribution in [0.4, 0.5) is 0 Å². The number of carbonyl (C=O) groups excluding carboxylic acids is 1. The molecule has 2 heterocycles. The fraction of sp³-hybridized carbons (Fsp3) is 0.500. The Morgan fingerprint density at radius 3 is 3.00 bits per heavy atom. The standard InChI is InChI=1S/C14H18N2O4/c17-13(16-9-14(18)5-6-15-8-14)12-7-19-10-3-1-2-4-11(10)20-12/h1-4,12,15,18H,5-9H2,(H,16,17). The van der Waals surface area contributed by atoms with Gasteiger partial charge in [-0.2, -0.15) is 0 Å². The number of ether oxygens (including phenoxy) is 2. The van der Waals surface area contributed by atoms with Gasteiger partial charge in [-0.25, -0.2) is 0 Å². The van der Waals surface area contributed by atoms with Crippen molar-refractivity contribution in [1.29, 1.82) is 0 Å². The van der Waals surface area contributed by atoms with Gasteiger partial charge in [0.05, 0.1) is 5.60 Å². The molecule has 0 bridgehead atoms. The van der Waals surface area contributed by atoms with Crippen molar-refractivity contribution in [2.75, 3.05) is 26.2 Å². The molecule has 2 unspecified atom stereocenters. The number of hydrogen-bond acceptors (Lipinski definition) is 5. The largest absolute Gasteiger partial charge is 0.485 e. The molecule has 2 aliphatic heterocycles. The summed E-state index contributed by atoms with van der Waals surface area (Å²) in [6.07, 6.45) is -0.0409.